The summed E-state index contributed by atoms with van der Waals surface area (Å²) in [6.45, 7) is 3.34. The Kier molecular flexibility index (Phi) is 3.01. The first-order valence-electron chi connectivity index (χ1n) is 6.31. The Hall–Kier alpha value is -0.380. The van der Waals surface area contributed by atoms with Crippen molar-refractivity contribution in [2.24, 2.45) is 5.92 Å². The lowest BCUT2D eigenvalue weighted by Gasteiger charge is -2.35. The molecule has 2 aliphatic rings. The number of aliphatic hydroxyl groups is 1. The van der Waals surface area contributed by atoms with E-state index in [0.717, 1.165) is 13.0 Å². The molecule has 17 heavy (non-hydrogen) atoms. The van der Waals surface area contributed by atoms with Gasteiger partial charge in [-0.3, -0.25) is 4.90 Å². The van der Waals surface area contributed by atoms with Crippen molar-refractivity contribution in [3.05, 3.63) is 35.9 Å². The highest BCUT2D eigenvalue weighted by atomic mass is 79.9. The maximum Gasteiger partial charge on any atom is 0.0710 e. The summed E-state index contributed by atoms with van der Waals surface area (Å²) in [5.41, 5.74) is 1.34. The van der Waals surface area contributed by atoms with Gasteiger partial charge in [-0.1, -0.05) is 46.3 Å². The molecule has 1 N–H and O–H groups in total. The van der Waals surface area contributed by atoms with Crippen LogP contribution in [0, 0.1) is 5.92 Å². The van der Waals surface area contributed by atoms with Crippen LogP contribution in [0.3, 0.4) is 0 Å². The van der Waals surface area contributed by atoms with Crippen LogP contribution >= 0.6 is 15.9 Å². The van der Waals surface area contributed by atoms with E-state index in [1.165, 1.54) is 5.56 Å². The summed E-state index contributed by atoms with van der Waals surface area (Å²) in [7, 11) is 0. The molecular formula is C14H18BrNO. The Bertz CT molecular complexity index is 396. The third kappa shape index (κ3) is 1.85. The minimum Gasteiger partial charge on any atom is -0.391 e. The molecule has 5 atom stereocenters. The highest BCUT2D eigenvalue weighted by Gasteiger charge is 2.52. The van der Waals surface area contributed by atoms with Crippen molar-refractivity contribution in [3.8, 4) is 0 Å². The van der Waals surface area contributed by atoms with Gasteiger partial charge < -0.3 is 5.11 Å². The van der Waals surface area contributed by atoms with Crippen molar-refractivity contribution >= 4 is 15.9 Å². The molecule has 3 rings (SSSR count). The lowest BCUT2D eigenvalue weighted by Crippen LogP contribution is -2.43. The first-order valence-corrected chi connectivity index (χ1v) is 7.23. The van der Waals surface area contributed by atoms with Gasteiger partial charge in [0.25, 0.3) is 0 Å². The van der Waals surface area contributed by atoms with Crippen LogP contribution in [0.4, 0.5) is 0 Å². The SMILES string of the molecule is C[C@@H](c1ccccc1)N1CC2C[C@H](O)C1[C@@H]2Br. The Morgan fingerprint density at radius 2 is 2.06 bits per heavy atom. The van der Waals surface area contributed by atoms with E-state index in [0.29, 0.717) is 16.8 Å². The lowest BCUT2D eigenvalue weighted by molar-refractivity contribution is 0.0368. The minimum atomic E-state index is -0.163. The number of rotatable bonds is 2. The quantitative estimate of drug-likeness (QED) is 0.848. The number of alkyl halides is 1. The zero-order valence-corrected chi connectivity index (χ0v) is 11.5. The van der Waals surface area contributed by atoms with E-state index >= 15 is 0 Å². The Morgan fingerprint density at radius 3 is 2.65 bits per heavy atom. The maximum absolute atomic E-state index is 10.1. The van der Waals surface area contributed by atoms with Gasteiger partial charge in [0.2, 0.25) is 0 Å². The molecule has 1 saturated heterocycles. The van der Waals surface area contributed by atoms with Crippen molar-refractivity contribution in [2.45, 2.75) is 36.4 Å². The monoisotopic (exact) mass is 295 g/mol. The normalized spacial score (nSPS) is 38.5. The molecule has 0 aromatic heterocycles. The van der Waals surface area contributed by atoms with Crippen LogP contribution in [0.5, 0.6) is 0 Å². The molecule has 0 radical (unpaired) electrons. The van der Waals surface area contributed by atoms with Crippen LogP contribution in [0.1, 0.15) is 24.9 Å². The summed E-state index contributed by atoms with van der Waals surface area (Å²) in [5.74, 6) is 0.612. The molecule has 0 spiro atoms. The first-order chi connectivity index (χ1) is 8.18. The fraction of sp³-hybridized carbons (Fsp3) is 0.571. The average Bonchev–Trinajstić information content (AvgIpc) is 2.81. The van der Waals surface area contributed by atoms with E-state index in [-0.39, 0.29) is 12.1 Å². The first kappa shape index (κ1) is 11.7. The third-order valence-electron chi connectivity index (χ3n) is 4.32. The molecule has 1 heterocycles. The van der Waals surface area contributed by atoms with Gasteiger partial charge in [0, 0.05) is 23.5 Å². The Balaban J connectivity index is 1.82. The molecule has 2 nitrogen and oxygen atoms in total. The van der Waals surface area contributed by atoms with E-state index in [1.807, 2.05) is 0 Å². The van der Waals surface area contributed by atoms with Crippen LogP contribution in [0.2, 0.25) is 0 Å². The van der Waals surface area contributed by atoms with Gasteiger partial charge in [0.1, 0.15) is 0 Å². The van der Waals surface area contributed by atoms with Crippen molar-refractivity contribution in [2.75, 3.05) is 6.54 Å². The standard InChI is InChI=1S/C14H18BrNO/c1-9(10-5-3-2-4-6-10)16-8-11-7-12(17)14(16)13(11)15/h2-6,9,11-14,17H,7-8H2,1H3/t9-,11?,12-,13+,14?/m0/s1. The van der Waals surface area contributed by atoms with Crippen molar-refractivity contribution in [1.29, 1.82) is 0 Å². The summed E-state index contributed by atoms with van der Waals surface area (Å²) >= 11 is 3.75. The van der Waals surface area contributed by atoms with Crippen molar-refractivity contribution in [3.63, 3.8) is 0 Å². The number of likely N-dealkylation sites (tertiary alicyclic amines) is 1. The number of fused-ring (bicyclic) bond motifs is 2. The van der Waals surface area contributed by atoms with E-state index < -0.39 is 0 Å². The highest BCUT2D eigenvalue weighted by Crippen LogP contribution is 2.45. The van der Waals surface area contributed by atoms with Crippen LogP contribution in [-0.2, 0) is 0 Å². The molecule has 92 valence electrons. The second-order valence-electron chi connectivity index (χ2n) is 5.28. The largest absolute Gasteiger partial charge is 0.391 e. The molecule has 0 amide bonds. The summed E-state index contributed by atoms with van der Waals surface area (Å²) in [4.78, 5) is 2.91. The fourth-order valence-corrected chi connectivity index (χ4v) is 4.42. The van der Waals surface area contributed by atoms with E-state index in [4.69, 9.17) is 0 Å². The third-order valence-corrected chi connectivity index (χ3v) is 5.61. The number of benzene rings is 1. The molecule has 2 bridgehead atoms. The van der Waals surface area contributed by atoms with Gasteiger partial charge in [0.15, 0.2) is 0 Å². The van der Waals surface area contributed by atoms with Gasteiger partial charge >= 0.3 is 0 Å². The van der Waals surface area contributed by atoms with Crippen LogP contribution in [0.15, 0.2) is 30.3 Å². The predicted octanol–water partition coefficient (Wildman–Crippen LogP) is 2.58. The molecular weight excluding hydrogens is 278 g/mol. The number of hydrogen-bond acceptors (Lipinski definition) is 2. The fourth-order valence-electron chi connectivity index (χ4n) is 3.38. The maximum atomic E-state index is 10.1. The topological polar surface area (TPSA) is 23.5 Å². The number of piperidine rings is 1. The van der Waals surface area contributed by atoms with E-state index in [1.54, 1.807) is 0 Å². The molecule has 2 fully saturated rings. The van der Waals surface area contributed by atoms with E-state index in [2.05, 4.69) is 58.1 Å². The van der Waals surface area contributed by atoms with Gasteiger partial charge in [-0.2, -0.15) is 0 Å². The summed E-state index contributed by atoms with van der Waals surface area (Å²) in [6.07, 6.45) is 0.794. The van der Waals surface area contributed by atoms with Crippen LogP contribution in [-0.4, -0.2) is 33.5 Å². The summed E-state index contributed by atoms with van der Waals surface area (Å²) in [6, 6.07) is 11.2. The molecule has 1 aromatic carbocycles. The highest BCUT2D eigenvalue weighted by molar-refractivity contribution is 9.09. The van der Waals surface area contributed by atoms with Gasteiger partial charge in [-0.15, -0.1) is 0 Å². The summed E-state index contributed by atoms with van der Waals surface area (Å²) in [5, 5.41) is 10.1. The lowest BCUT2D eigenvalue weighted by atomic mass is 10.0. The smallest absolute Gasteiger partial charge is 0.0710 e. The molecule has 1 saturated carbocycles. The predicted molar refractivity (Wildman–Crippen MR) is 72.2 cm³/mol. The van der Waals surface area contributed by atoms with Gasteiger partial charge in [-0.25, -0.2) is 0 Å². The van der Waals surface area contributed by atoms with Crippen molar-refractivity contribution in [1.82, 2.24) is 4.90 Å². The van der Waals surface area contributed by atoms with Crippen molar-refractivity contribution < 1.29 is 5.11 Å². The summed E-state index contributed by atoms with van der Waals surface area (Å²) < 4.78 is 0. The zero-order valence-electron chi connectivity index (χ0n) is 9.96. The number of aliphatic hydroxyl groups excluding tert-OH is 1. The molecule has 2 unspecified atom stereocenters. The second-order valence-corrected chi connectivity index (χ2v) is 6.34. The molecule has 3 heteroatoms. The van der Waals surface area contributed by atoms with Gasteiger partial charge in [0.05, 0.1) is 6.10 Å². The van der Waals surface area contributed by atoms with Gasteiger partial charge in [-0.05, 0) is 24.8 Å². The van der Waals surface area contributed by atoms with Crippen LogP contribution in [0.25, 0.3) is 0 Å². The Morgan fingerprint density at radius 1 is 1.35 bits per heavy atom. The number of halogens is 1. The van der Waals surface area contributed by atoms with Crippen LogP contribution < -0.4 is 0 Å². The van der Waals surface area contributed by atoms with E-state index in [9.17, 15) is 5.11 Å². The molecule has 1 aliphatic carbocycles. The minimum absolute atomic E-state index is 0.163. The zero-order chi connectivity index (χ0) is 12.0. The Labute approximate surface area is 111 Å². The number of hydrogen-bond donors (Lipinski definition) is 1. The number of nitrogens with zero attached hydrogens (tertiary/aromatic N) is 1. The average molecular weight is 296 g/mol. The molecule has 1 aliphatic heterocycles. The molecule has 1 aromatic rings. The second kappa shape index (κ2) is 4.38.